The molecule has 136 valence electrons. The molecule has 1 aliphatic heterocycles. The van der Waals surface area contributed by atoms with Crippen LogP contribution in [0.2, 0.25) is 0 Å². The number of amides is 1. The van der Waals surface area contributed by atoms with Gasteiger partial charge >= 0.3 is 0 Å². The normalized spacial score (nSPS) is 16.2. The number of hydrogen-bond acceptors (Lipinski definition) is 7. The molecule has 1 fully saturated rings. The Balaban J connectivity index is 1.37. The Kier molecular flexibility index (Phi) is 4.31. The zero-order chi connectivity index (χ0) is 18.1. The van der Waals surface area contributed by atoms with Gasteiger partial charge in [-0.2, -0.15) is 0 Å². The van der Waals surface area contributed by atoms with Gasteiger partial charge in [0.25, 0.3) is 0 Å². The molecule has 0 atom stereocenters. The molecule has 9 heteroatoms. The summed E-state index contributed by atoms with van der Waals surface area (Å²) in [7, 11) is 0. The number of nitrogens with one attached hydrogen (secondary N) is 1. The summed E-state index contributed by atoms with van der Waals surface area (Å²) in [6, 6.07) is 7.85. The van der Waals surface area contributed by atoms with E-state index in [2.05, 4.69) is 50.8 Å². The Hall–Kier alpha value is -2.55. The summed E-state index contributed by atoms with van der Waals surface area (Å²) in [5.41, 5.74) is 0.286. The Morgan fingerprint density at radius 2 is 2.08 bits per heavy atom. The first kappa shape index (κ1) is 16.9. The van der Waals surface area contributed by atoms with Crippen molar-refractivity contribution >= 4 is 28.7 Å². The van der Waals surface area contributed by atoms with Crippen LogP contribution in [0.4, 0.5) is 5.82 Å². The molecule has 26 heavy (non-hydrogen) atoms. The predicted molar refractivity (Wildman–Crippen MR) is 99.0 cm³/mol. The molecule has 0 bridgehead atoms. The summed E-state index contributed by atoms with van der Waals surface area (Å²) >= 11 is 1.67. The van der Waals surface area contributed by atoms with Crippen LogP contribution in [0.25, 0.3) is 5.65 Å². The minimum Gasteiger partial charge on any atom is -0.355 e. The number of anilines is 1. The largest absolute Gasteiger partial charge is 0.355 e. The Morgan fingerprint density at radius 1 is 1.27 bits per heavy atom. The van der Waals surface area contributed by atoms with Gasteiger partial charge in [-0.25, -0.2) is 0 Å². The maximum absolute atomic E-state index is 12.7. The number of nitrogens with zero attached hydrogens (tertiary/aromatic N) is 6. The Labute approximate surface area is 155 Å². The highest BCUT2D eigenvalue weighted by molar-refractivity contribution is 7.10. The Morgan fingerprint density at radius 3 is 2.81 bits per heavy atom. The molecule has 4 heterocycles. The number of thiophene rings is 1. The molecule has 3 aromatic heterocycles. The third-order valence-corrected chi connectivity index (χ3v) is 6.01. The second kappa shape index (κ2) is 6.64. The van der Waals surface area contributed by atoms with E-state index < -0.39 is 0 Å². The van der Waals surface area contributed by atoms with Gasteiger partial charge in [-0.05, 0) is 60.7 Å². The number of tetrazole rings is 1. The van der Waals surface area contributed by atoms with Crippen molar-refractivity contribution in [2.75, 3.05) is 18.0 Å². The number of aromatic nitrogens is 5. The number of carbonyl (C=O) groups is 1. The predicted octanol–water partition coefficient (Wildman–Crippen LogP) is 1.85. The van der Waals surface area contributed by atoms with Gasteiger partial charge in [-0.1, -0.05) is 6.07 Å². The van der Waals surface area contributed by atoms with Crippen LogP contribution in [0.1, 0.15) is 31.6 Å². The van der Waals surface area contributed by atoms with E-state index >= 15 is 0 Å². The lowest BCUT2D eigenvalue weighted by Gasteiger charge is -2.34. The van der Waals surface area contributed by atoms with Crippen LogP contribution in [-0.2, 0) is 10.3 Å². The van der Waals surface area contributed by atoms with Crippen molar-refractivity contribution in [1.29, 1.82) is 0 Å². The highest BCUT2D eigenvalue weighted by atomic mass is 32.1. The van der Waals surface area contributed by atoms with E-state index in [1.54, 1.807) is 11.3 Å². The van der Waals surface area contributed by atoms with E-state index in [9.17, 15) is 4.79 Å². The summed E-state index contributed by atoms with van der Waals surface area (Å²) in [6.45, 7) is 5.69. The maximum Gasteiger partial charge on any atom is 0.223 e. The molecule has 1 saturated heterocycles. The van der Waals surface area contributed by atoms with Crippen molar-refractivity contribution in [3.8, 4) is 0 Å². The van der Waals surface area contributed by atoms with Crippen LogP contribution in [0.3, 0.4) is 0 Å². The molecule has 0 radical (unpaired) electrons. The maximum atomic E-state index is 12.7. The molecule has 0 aliphatic carbocycles. The Bertz CT molecular complexity index is 897. The van der Waals surface area contributed by atoms with Gasteiger partial charge < -0.3 is 10.2 Å². The number of rotatable bonds is 4. The van der Waals surface area contributed by atoms with Crippen molar-refractivity contribution in [2.24, 2.45) is 5.92 Å². The van der Waals surface area contributed by atoms with Crippen LogP contribution in [0, 0.1) is 5.92 Å². The summed E-state index contributed by atoms with van der Waals surface area (Å²) in [5, 5.41) is 21.0. The standard InChI is InChI=1S/C17H21N7OS/c1-17(2,13-4-3-11-26-13)18-16(25)12-7-9-23(10-8-12)15-6-5-14-19-21-22-24(14)20-15/h3-6,11-12H,7-10H2,1-2H3,(H,18,25). The van der Waals surface area contributed by atoms with Gasteiger partial charge in [0.1, 0.15) is 0 Å². The highest BCUT2D eigenvalue weighted by Crippen LogP contribution is 2.27. The van der Waals surface area contributed by atoms with E-state index in [-0.39, 0.29) is 17.4 Å². The van der Waals surface area contributed by atoms with Gasteiger partial charge in [-0.15, -0.1) is 26.2 Å². The quantitative estimate of drug-likeness (QED) is 0.753. The highest BCUT2D eigenvalue weighted by Gasteiger charge is 2.30. The van der Waals surface area contributed by atoms with E-state index in [1.165, 1.54) is 9.51 Å². The zero-order valence-electron chi connectivity index (χ0n) is 14.8. The van der Waals surface area contributed by atoms with Crippen molar-refractivity contribution in [3.63, 3.8) is 0 Å². The molecule has 1 amide bonds. The molecular formula is C17H21N7OS. The van der Waals surface area contributed by atoms with Crippen molar-refractivity contribution in [2.45, 2.75) is 32.2 Å². The third kappa shape index (κ3) is 3.26. The molecule has 8 nitrogen and oxygen atoms in total. The van der Waals surface area contributed by atoms with Gasteiger partial charge in [0.15, 0.2) is 11.5 Å². The number of piperidine rings is 1. The van der Waals surface area contributed by atoms with E-state index in [4.69, 9.17) is 0 Å². The zero-order valence-corrected chi connectivity index (χ0v) is 15.6. The van der Waals surface area contributed by atoms with Crippen molar-refractivity contribution < 1.29 is 4.79 Å². The molecule has 1 N–H and O–H groups in total. The minimum absolute atomic E-state index is 0.0299. The topological polar surface area (TPSA) is 88.3 Å². The first-order valence-corrected chi connectivity index (χ1v) is 9.57. The van der Waals surface area contributed by atoms with Crippen LogP contribution >= 0.6 is 11.3 Å². The lowest BCUT2D eigenvalue weighted by Crippen LogP contribution is -2.46. The van der Waals surface area contributed by atoms with E-state index in [1.807, 2.05) is 23.6 Å². The molecular weight excluding hydrogens is 350 g/mol. The second-order valence-corrected chi connectivity index (χ2v) is 8.02. The molecule has 0 aromatic carbocycles. The van der Waals surface area contributed by atoms with Gasteiger partial charge in [0.2, 0.25) is 5.91 Å². The van der Waals surface area contributed by atoms with Crippen molar-refractivity contribution in [3.05, 3.63) is 34.5 Å². The number of fused-ring (bicyclic) bond motifs is 1. The SMILES string of the molecule is CC(C)(NC(=O)C1CCN(c2ccc3nnnn3n2)CC1)c1cccs1. The second-order valence-electron chi connectivity index (χ2n) is 7.07. The first-order chi connectivity index (χ1) is 12.5. The molecule has 0 saturated carbocycles. The molecule has 0 spiro atoms. The summed E-state index contributed by atoms with van der Waals surface area (Å²) in [5.74, 6) is 0.997. The van der Waals surface area contributed by atoms with Crippen molar-refractivity contribution in [1.82, 2.24) is 30.6 Å². The molecule has 3 aromatic rings. The van der Waals surface area contributed by atoms with E-state index in [0.717, 1.165) is 31.7 Å². The first-order valence-electron chi connectivity index (χ1n) is 8.69. The lowest BCUT2D eigenvalue weighted by molar-refractivity contribution is -0.127. The summed E-state index contributed by atoms with van der Waals surface area (Å²) in [4.78, 5) is 16.1. The van der Waals surface area contributed by atoms with Gasteiger partial charge in [0, 0.05) is 23.9 Å². The fourth-order valence-corrected chi connectivity index (χ4v) is 4.09. The lowest BCUT2D eigenvalue weighted by atomic mass is 9.93. The van der Waals surface area contributed by atoms with Gasteiger partial charge in [0.05, 0.1) is 5.54 Å². The molecule has 1 aliphatic rings. The average molecular weight is 371 g/mol. The monoisotopic (exact) mass is 371 g/mol. The summed E-state index contributed by atoms with van der Waals surface area (Å²) in [6.07, 6.45) is 1.61. The summed E-state index contributed by atoms with van der Waals surface area (Å²) < 4.78 is 1.43. The minimum atomic E-state index is -0.338. The number of hydrogen-bond donors (Lipinski definition) is 1. The van der Waals surface area contributed by atoms with Crippen LogP contribution in [0.15, 0.2) is 29.6 Å². The van der Waals surface area contributed by atoms with Gasteiger partial charge in [-0.3, -0.25) is 4.79 Å². The average Bonchev–Trinajstić information content (AvgIpc) is 3.33. The molecule has 0 unspecified atom stereocenters. The fourth-order valence-electron chi connectivity index (χ4n) is 3.29. The third-order valence-electron chi connectivity index (χ3n) is 4.82. The fraction of sp³-hybridized carbons (Fsp3) is 0.471. The van der Waals surface area contributed by atoms with Crippen LogP contribution in [0.5, 0.6) is 0 Å². The van der Waals surface area contributed by atoms with Crippen LogP contribution < -0.4 is 10.2 Å². The molecule has 4 rings (SSSR count). The number of carbonyl (C=O) groups excluding carboxylic acids is 1. The smallest absolute Gasteiger partial charge is 0.223 e. The van der Waals surface area contributed by atoms with E-state index in [0.29, 0.717) is 5.65 Å². The van der Waals surface area contributed by atoms with Crippen LogP contribution in [-0.4, -0.2) is 44.3 Å².